The Morgan fingerprint density at radius 2 is 2.00 bits per heavy atom. The second-order valence-electron chi connectivity index (χ2n) is 4.64. The summed E-state index contributed by atoms with van der Waals surface area (Å²) in [6.45, 7) is 0. The summed E-state index contributed by atoms with van der Waals surface area (Å²) in [6, 6.07) is 11.7. The van der Waals surface area contributed by atoms with Crippen LogP contribution >= 0.6 is 39.1 Å². The molecule has 5 heteroatoms. The van der Waals surface area contributed by atoms with Crippen molar-refractivity contribution in [2.45, 2.75) is 12.5 Å². The van der Waals surface area contributed by atoms with Crippen molar-refractivity contribution < 1.29 is 4.74 Å². The molecule has 0 aliphatic heterocycles. The third-order valence-electron chi connectivity index (χ3n) is 3.37. The molecule has 0 aliphatic carbocycles. The quantitative estimate of drug-likeness (QED) is 0.753. The zero-order valence-corrected chi connectivity index (χ0v) is 14.9. The van der Waals surface area contributed by atoms with Crippen LogP contribution in [0.25, 0.3) is 0 Å². The van der Waals surface area contributed by atoms with Crippen LogP contribution in [-0.2, 0) is 6.42 Å². The molecule has 1 N–H and O–H groups in total. The van der Waals surface area contributed by atoms with E-state index in [1.165, 1.54) is 0 Å². The van der Waals surface area contributed by atoms with Gasteiger partial charge in [-0.2, -0.15) is 0 Å². The van der Waals surface area contributed by atoms with Gasteiger partial charge in [0.2, 0.25) is 0 Å². The second kappa shape index (κ2) is 7.50. The number of benzene rings is 2. The predicted octanol–water partition coefficient (Wildman–Crippen LogP) is 5.27. The van der Waals surface area contributed by atoms with Gasteiger partial charge in [-0.05, 0) is 48.9 Å². The third kappa shape index (κ3) is 3.92. The molecule has 0 bridgehead atoms. The SMILES string of the molecule is CNC(Cc1cc(Br)ccc1OC)c1cccc(Cl)c1Cl. The summed E-state index contributed by atoms with van der Waals surface area (Å²) in [5.74, 6) is 0.858. The fourth-order valence-electron chi connectivity index (χ4n) is 2.28. The monoisotopic (exact) mass is 387 g/mol. The molecule has 2 rings (SSSR count). The molecule has 0 amide bonds. The highest BCUT2D eigenvalue weighted by Gasteiger charge is 2.17. The van der Waals surface area contributed by atoms with Gasteiger partial charge in [0.25, 0.3) is 0 Å². The lowest BCUT2D eigenvalue weighted by Gasteiger charge is -2.20. The van der Waals surface area contributed by atoms with Crippen LogP contribution in [0.2, 0.25) is 10.0 Å². The molecule has 0 fully saturated rings. The fraction of sp³-hybridized carbons (Fsp3) is 0.250. The maximum Gasteiger partial charge on any atom is 0.122 e. The van der Waals surface area contributed by atoms with Gasteiger partial charge in [0.15, 0.2) is 0 Å². The van der Waals surface area contributed by atoms with E-state index in [4.69, 9.17) is 27.9 Å². The maximum atomic E-state index is 6.33. The van der Waals surface area contributed by atoms with Gasteiger partial charge in [0.05, 0.1) is 17.2 Å². The first kappa shape index (κ1) is 16.6. The lowest BCUT2D eigenvalue weighted by Crippen LogP contribution is -2.19. The van der Waals surface area contributed by atoms with Gasteiger partial charge in [-0.3, -0.25) is 0 Å². The van der Waals surface area contributed by atoms with E-state index in [2.05, 4.69) is 27.3 Å². The number of rotatable bonds is 5. The molecule has 2 nitrogen and oxygen atoms in total. The Labute approximate surface area is 143 Å². The summed E-state index contributed by atoms with van der Waals surface area (Å²) in [5, 5.41) is 4.45. The van der Waals surface area contributed by atoms with Crippen LogP contribution in [0.5, 0.6) is 5.75 Å². The second-order valence-corrected chi connectivity index (χ2v) is 6.35. The molecule has 0 radical (unpaired) electrons. The normalized spacial score (nSPS) is 12.2. The molecule has 112 valence electrons. The van der Waals surface area contributed by atoms with E-state index >= 15 is 0 Å². The van der Waals surface area contributed by atoms with E-state index in [0.29, 0.717) is 10.0 Å². The highest BCUT2D eigenvalue weighted by Crippen LogP contribution is 2.33. The van der Waals surface area contributed by atoms with Gasteiger partial charge in [-0.1, -0.05) is 51.3 Å². The average molecular weight is 389 g/mol. The van der Waals surface area contributed by atoms with Crippen molar-refractivity contribution in [3.05, 3.63) is 62.0 Å². The summed E-state index contributed by atoms with van der Waals surface area (Å²) in [5.41, 5.74) is 2.08. The van der Waals surface area contributed by atoms with Gasteiger partial charge < -0.3 is 10.1 Å². The maximum absolute atomic E-state index is 6.33. The van der Waals surface area contributed by atoms with Crippen LogP contribution in [0.1, 0.15) is 17.2 Å². The summed E-state index contributed by atoms with van der Waals surface area (Å²) in [7, 11) is 3.58. The highest BCUT2D eigenvalue weighted by molar-refractivity contribution is 9.10. The van der Waals surface area contributed by atoms with E-state index in [1.807, 2.05) is 31.3 Å². The Morgan fingerprint density at radius 1 is 1.24 bits per heavy atom. The minimum Gasteiger partial charge on any atom is -0.496 e. The molecule has 1 unspecified atom stereocenters. The lowest BCUT2D eigenvalue weighted by atomic mass is 9.98. The van der Waals surface area contributed by atoms with Gasteiger partial charge >= 0.3 is 0 Å². The van der Waals surface area contributed by atoms with E-state index in [0.717, 1.165) is 27.8 Å². The Hall–Kier alpha value is -0.740. The summed E-state index contributed by atoms with van der Waals surface area (Å²) >= 11 is 15.9. The minimum atomic E-state index is 0.0550. The van der Waals surface area contributed by atoms with Crippen LogP contribution in [0.3, 0.4) is 0 Å². The first-order valence-electron chi connectivity index (χ1n) is 6.50. The first-order valence-corrected chi connectivity index (χ1v) is 8.05. The summed E-state index contributed by atoms with van der Waals surface area (Å²) < 4.78 is 6.45. The van der Waals surface area contributed by atoms with Gasteiger partial charge in [0.1, 0.15) is 5.75 Å². The van der Waals surface area contributed by atoms with Gasteiger partial charge in [-0.15, -0.1) is 0 Å². The number of nitrogens with one attached hydrogen (secondary N) is 1. The standard InChI is InChI=1S/C16H16BrCl2NO/c1-20-14(12-4-3-5-13(18)16(12)19)9-10-8-11(17)6-7-15(10)21-2/h3-8,14,20H,9H2,1-2H3. The molecule has 0 saturated carbocycles. The van der Waals surface area contributed by atoms with Crippen molar-refractivity contribution in [1.82, 2.24) is 5.32 Å². The molecule has 0 saturated heterocycles. The molecule has 2 aromatic rings. The molecule has 2 aromatic carbocycles. The van der Waals surface area contributed by atoms with Gasteiger partial charge in [-0.25, -0.2) is 0 Å². The number of hydrogen-bond donors (Lipinski definition) is 1. The summed E-state index contributed by atoms with van der Waals surface area (Å²) in [6.07, 6.45) is 0.749. The minimum absolute atomic E-state index is 0.0550. The van der Waals surface area contributed by atoms with Crippen LogP contribution in [0.15, 0.2) is 40.9 Å². The highest BCUT2D eigenvalue weighted by atomic mass is 79.9. The van der Waals surface area contributed by atoms with Crippen LogP contribution in [0, 0.1) is 0 Å². The lowest BCUT2D eigenvalue weighted by molar-refractivity contribution is 0.406. The number of likely N-dealkylation sites (N-methyl/N-ethyl adjacent to an activating group) is 1. The summed E-state index contributed by atoms with van der Waals surface area (Å²) in [4.78, 5) is 0. The molecule has 0 spiro atoms. The number of methoxy groups -OCH3 is 1. The fourth-order valence-corrected chi connectivity index (χ4v) is 3.13. The molecule has 21 heavy (non-hydrogen) atoms. The van der Waals surface area contributed by atoms with E-state index in [9.17, 15) is 0 Å². The molecular weight excluding hydrogens is 373 g/mol. The Bertz CT molecular complexity index is 634. The molecule has 0 aromatic heterocycles. The Morgan fingerprint density at radius 3 is 2.67 bits per heavy atom. The van der Waals surface area contributed by atoms with Crippen molar-refractivity contribution in [1.29, 1.82) is 0 Å². The van der Waals surface area contributed by atoms with Crippen LogP contribution in [-0.4, -0.2) is 14.2 Å². The molecule has 0 aliphatic rings. The van der Waals surface area contributed by atoms with Crippen molar-refractivity contribution >= 4 is 39.1 Å². The third-order valence-corrected chi connectivity index (χ3v) is 4.70. The van der Waals surface area contributed by atoms with Crippen LogP contribution in [0.4, 0.5) is 0 Å². The average Bonchev–Trinajstić information content (AvgIpc) is 2.48. The Balaban J connectivity index is 2.35. The smallest absolute Gasteiger partial charge is 0.122 e. The molecule has 1 atom stereocenters. The van der Waals surface area contributed by atoms with Crippen molar-refractivity contribution in [3.63, 3.8) is 0 Å². The van der Waals surface area contributed by atoms with Crippen molar-refractivity contribution in [3.8, 4) is 5.75 Å². The topological polar surface area (TPSA) is 21.3 Å². The number of hydrogen-bond acceptors (Lipinski definition) is 2. The van der Waals surface area contributed by atoms with Gasteiger partial charge in [0, 0.05) is 10.5 Å². The largest absolute Gasteiger partial charge is 0.496 e. The van der Waals surface area contributed by atoms with Crippen molar-refractivity contribution in [2.24, 2.45) is 0 Å². The van der Waals surface area contributed by atoms with Crippen molar-refractivity contribution in [2.75, 3.05) is 14.2 Å². The Kier molecular flexibility index (Phi) is 5.94. The number of ether oxygens (including phenoxy) is 1. The van der Waals surface area contributed by atoms with E-state index in [-0.39, 0.29) is 6.04 Å². The van der Waals surface area contributed by atoms with Crippen LogP contribution < -0.4 is 10.1 Å². The zero-order chi connectivity index (χ0) is 15.4. The number of halogens is 3. The zero-order valence-electron chi connectivity index (χ0n) is 11.8. The molecule has 0 heterocycles. The first-order chi connectivity index (χ1) is 10.1. The van der Waals surface area contributed by atoms with E-state index < -0.39 is 0 Å². The molecular formula is C16H16BrCl2NO. The predicted molar refractivity (Wildman–Crippen MR) is 92.7 cm³/mol. The van der Waals surface area contributed by atoms with E-state index in [1.54, 1.807) is 13.2 Å².